The molecule has 0 atom stereocenters. The van der Waals surface area contributed by atoms with Crippen molar-refractivity contribution in [1.29, 1.82) is 0 Å². The standard InChI is InChI=1S/C21H21FNSi.C14H14N.Ir/c1-24(2,3)21-15-23-20(17-9-11-19(22)12-10-17)14-18(21)13-16-7-5-4-6-8-16;1-11(2)13-8-9-15-14(10-13)12-6-4-3-5-7-12;/h4-9,11-12,14-15H,13H2,1-3H3;3-6,8-11H,1-2H3;/q2*-1;. The molecule has 0 fully saturated rings. The van der Waals surface area contributed by atoms with Crippen LogP contribution < -0.4 is 5.19 Å². The number of halogens is 1. The van der Waals surface area contributed by atoms with Crippen molar-refractivity contribution in [3.63, 3.8) is 0 Å². The molecule has 0 amide bonds. The maximum Gasteiger partial charge on any atom is 0.0799 e. The van der Waals surface area contributed by atoms with Crippen molar-refractivity contribution in [3.05, 3.63) is 138 Å². The summed E-state index contributed by atoms with van der Waals surface area (Å²) in [6.07, 6.45) is 4.76. The van der Waals surface area contributed by atoms with E-state index >= 15 is 0 Å². The zero-order valence-corrected chi connectivity index (χ0v) is 27.1. The van der Waals surface area contributed by atoms with E-state index in [-0.39, 0.29) is 25.9 Å². The molecule has 0 aliphatic rings. The Kier molecular flexibility index (Phi) is 11.3. The van der Waals surface area contributed by atoms with Crippen LogP contribution in [0.2, 0.25) is 19.6 Å². The van der Waals surface area contributed by atoms with E-state index in [1.807, 2.05) is 42.7 Å². The van der Waals surface area contributed by atoms with Gasteiger partial charge in [0.1, 0.15) is 0 Å². The van der Waals surface area contributed by atoms with Gasteiger partial charge in [-0.25, -0.2) is 0 Å². The molecule has 0 unspecified atom stereocenters. The van der Waals surface area contributed by atoms with E-state index in [2.05, 4.69) is 98.1 Å². The Morgan fingerprint density at radius 3 is 2.12 bits per heavy atom. The quantitative estimate of drug-likeness (QED) is 0.130. The van der Waals surface area contributed by atoms with E-state index in [0.717, 1.165) is 28.9 Å². The molecule has 0 spiro atoms. The van der Waals surface area contributed by atoms with E-state index in [1.165, 1.54) is 34.0 Å². The molecule has 0 N–H and O–H groups in total. The second kappa shape index (κ2) is 14.4. The number of hydrogen-bond acceptors (Lipinski definition) is 2. The number of pyridine rings is 2. The third-order valence-corrected chi connectivity index (χ3v) is 8.59. The predicted octanol–water partition coefficient (Wildman–Crippen LogP) is 8.49. The number of hydrogen-bond donors (Lipinski definition) is 0. The van der Waals surface area contributed by atoms with Gasteiger partial charge in [0.2, 0.25) is 0 Å². The summed E-state index contributed by atoms with van der Waals surface area (Å²) >= 11 is 0. The monoisotopic (exact) mass is 723 g/mol. The Hall–Kier alpha value is -3.24. The molecule has 0 aliphatic carbocycles. The molecule has 5 rings (SSSR count). The van der Waals surface area contributed by atoms with E-state index < -0.39 is 8.07 Å². The summed E-state index contributed by atoms with van der Waals surface area (Å²) < 4.78 is 13.1. The van der Waals surface area contributed by atoms with Crippen LogP contribution in [0, 0.1) is 17.9 Å². The van der Waals surface area contributed by atoms with Crippen LogP contribution in [0.25, 0.3) is 22.5 Å². The van der Waals surface area contributed by atoms with Gasteiger partial charge in [-0.1, -0.05) is 87.1 Å². The Morgan fingerprint density at radius 1 is 0.800 bits per heavy atom. The summed E-state index contributed by atoms with van der Waals surface area (Å²) in [4.78, 5) is 8.99. The normalized spacial score (nSPS) is 10.9. The molecule has 5 aromatic rings. The van der Waals surface area contributed by atoms with Crippen molar-refractivity contribution in [1.82, 2.24) is 9.97 Å². The molecular weight excluding hydrogens is 688 g/mol. The Bertz CT molecular complexity index is 1480. The molecule has 0 saturated carbocycles. The first-order valence-corrected chi connectivity index (χ1v) is 16.8. The van der Waals surface area contributed by atoms with Gasteiger partial charge in [0, 0.05) is 38.3 Å². The molecule has 2 nitrogen and oxygen atoms in total. The van der Waals surface area contributed by atoms with Crippen molar-refractivity contribution in [2.45, 2.75) is 45.8 Å². The van der Waals surface area contributed by atoms with Crippen LogP contribution in [-0.2, 0) is 26.5 Å². The van der Waals surface area contributed by atoms with Crippen LogP contribution in [0.15, 0.2) is 103 Å². The fourth-order valence-corrected chi connectivity index (χ4v) is 5.93. The molecule has 3 aromatic carbocycles. The van der Waals surface area contributed by atoms with Gasteiger partial charge in [0.25, 0.3) is 0 Å². The second-order valence-corrected chi connectivity index (χ2v) is 16.0. The van der Waals surface area contributed by atoms with Gasteiger partial charge in [-0.3, -0.25) is 4.39 Å². The van der Waals surface area contributed by atoms with Crippen molar-refractivity contribution in [2.75, 3.05) is 0 Å². The third-order valence-electron chi connectivity index (χ3n) is 6.52. The summed E-state index contributed by atoms with van der Waals surface area (Å²) in [6, 6.07) is 35.5. The van der Waals surface area contributed by atoms with Crippen LogP contribution in [0.5, 0.6) is 0 Å². The molecule has 5 heteroatoms. The molecule has 2 aromatic heterocycles. The van der Waals surface area contributed by atoms with Crippen molar-refractivity contribution in [2.24, 2.45) is 0 Å². The SMILES string of the molecule is CC(C)c1ccnc(-c2[c-]cccc2)c1.C[Si](C)(C)c1cnc(-c2[c-]cc(F)cc2)cc1Cc1ccccc1.[Ir]. The number of benzene rings is 3. The van der Waals surface area contributed by atoms with E-state index in [9.17, 15) is 4.39 Å². The van der Waals surface area contributed by atoms with Gasteiger partial charge in [0.15, 0.2) is 0 Å². The van der Waals surface area contributed by atoms with Crippen LogP contribution in [0.1, 0.15) is 36.5 Å². The fourth-order valence-electron chi connectivity index (χ4n) is 4.35. The van der Waals surface area contributed by atoms with Crippen molar-refractivity contribution >= 4 is 13.3 Å². The molecule has 0 aliphatic heterocycles. The zero-order chi connectivity index (χ0) is 27.8. The summed E-state index contributed by atoms with van der Waals surface area (Å²) in [5, 5.41) is 1.37. The van der Waals surface area contributed by atoms with Crippen LogP contribution in [0.4, 0.5) is 4.39 Å². The van der Waals surface area contributed by atoms with E-state index in [4.69, 9.17) is 0 Å². The summed E-state index contributed by atoms with van der Waals surface area (Å²) in [7, 11) is -1.50. The molecule has 207 valence electrons. The smallest absolute Gasteiger partial charge is 0.0799 e. The molecular formula is C35H35FIrN2Si-2. The largest absolute Gasteiger partial charge is 0.305 e. The molecule has 1 radical (unpaired) electrons. The zero-order valence-electron chi connectivity index (χ0n) is 23.7. The first-order chi connectivity index (χ1) is 18.7. The summed E-state index contributed by atoms with van der Waals surface area (Å²) in [5.74, 6) is 0.262. The minimum absolute atomic E-state index is 0. The van der Waals surface area contributed by atoms with Crippen molar-refractivity contribution < 1.29 is 24.5 Å². The van der Waals surface area contributed by atoms with Gasteiger partial charge in [-0.2, -0.15) is 0 Å². The Morgan fingerprint density at radius 2 is 1.50 bits per heavy atom. The Balaban J connectivity index is 0.000000238. The average Bonchev–Trinajstić information content (AvgIpc) is 2.94. The van der Waals surface area contributed by atoms with Gasteiger partial charge in [-0.05, 0) is 40.5 Å². The van der Waals surface area contributed by atoms with Crippen LogP contribution >= 0.6 is 0 Å². The maximum absolute atomic E-state index is 13.1. The van der Waals surface area contributed by atoms with E-state index in [1.54, 1.807) is 6.07 Å². The van der Waals surface area contributed by atoms with Crippen LogP contribution in [-0.4, -0.2) is 18.0 Å². The molecule has 0 saturated heterocycles. The van der Waals surface area contributed by atoms with Crippen LogP contribution in [0.3, 0.4) is 0 Å². The number of rotatable bonds is 6. The second-order valence-electron chi connectivity index (χ2n) is 11.0. The summed E-state index contributed by atoms with van der Waals surface area (Å²) in [6.45, 7) is 11.4. The number of aromatic nitrogens is 2. The summed E-state index contributed by atoms with van der Waals surface area (Å²) in [5.41, 5.74) is 7.65. The topological polar surface area (TPSA) is 25.8 Å². The van der Waals surface area contributed by atoms with Gasteiger partial charge in [-0.15, -0.1) is 65.7 Å². The average molecular weight is 723 g/mol. The van der Waals surface area contributed by atoms with E-state index in [0.29, 0.717) is 5.92 Å². The fraction of sp³-hybridized carbons (Fsp3) is 0.200. The van der Waals surface area contributed by atoms with Gasteiger partial charge >= 0.3 is 0 Å². The van der Waals surface area contributed by atoms with Gasteiger partial charge in [0.05, 0.1) is 8.07 Å². The maximum atomic E-state index is 13.1. The number of nitrogens with zero attached hydrogens (tertiary/aromatic N) is 2. The molecule has 0 bridgehead atoms. The molecule has 2 heterocycles. The minimum Gasteiger partial charge on any atom is -0.305 e. The van der Waals surface area contributed by atoms with Crippen molar-refractivity contribution in [3.8, 4) is 22.5 Å². The van der Waals surface area contributed by atoms with Gasteiger partial charge < -0.3 is 9.97 Å². The first kappa shape index (κ1) is 31.3. The first-order valence-electron chi connectivity index (χ1n) is 13.3. The predicted molar refractivity (Wildman–Crippen MR) is 163 cm³/mol. The Labute approximate surface area is 253 Å². The minimum atomic E-state index is -1.50. The molecule has 40 heavy (non-hydrogen) atoms. The third kappa shape index (κ3) is 8.63.